The molecule has 0 aliphatic rings. The van der Waals surface area contributed by atoms with Gasteiger partial charge in [0.15, 0.2) is 11.5 Å². The van der Waals surface area contributed by atoms with E-state index in [0.29, 0.717) is 36.9 Å². The average Bonchev–Trinajstić information content (AvgIpc) is 2.70. The molecule has 0 radical (unpaired) electrons. The lowest BCUT2D eigenvalue weighted by Crippen LogP contribution is -2.31. The Morgan fingerprint density at radius 3 is 2.34 bits per heavy atom. The Morgan fingerprint density at radius 1 is 0.931 bits per heavy atom. The fourth-order valence-corrected chi connectivity index (χ4v) is 2.42. The number of hydrogen-bond acceptors (Lipinski definition) is 6. The Kier molecular flexibility index (Phi) is 8.82. The number of carbonyl (C=O) groups is 2. The Bertz CT molecular complexity index is 791. The molecule has 0 aliphatic carbocycles. The van der Waals surface area contributed by atoms with Crippen LogP contribution in [0.3, 0.4) is 0 Å². The lowest BCUT2D eigenvalue weighted by molar-refractivity contribution is -0.146. The molecule has 2 aromatic rings. The normalized spacial score (nSPS) is 10.3. The number of hydrogen-bond donors (Lipinski definition) is 1. The molecule has 0 fully saturated rings. The van der Waals surface area contributed by atoms with E-state index in [1.807, 2.05) is 37.3 Å². The van der Waals surface area contributed by atoms with Crippen LogP contribution in [0, 0.1) is 0 Å². The van der Waals surface area contributed by atoms with E-state index in [1.165, 1.54) is 0 Å². The molecule has 0 spiro atoms. The van der Waals surface area contributed by atoms with Crippen LogP contribution in [0.1, 0.15) is 31.1 Å². The van der Waals surface area contributed by atoms with E-state index in [2.05, 4.69) is 5.32 Å². The molecule has 29 heavy (non-hydrogen) atoms. The number of benzene rings is 2. The zero-order valence-electron chi connectivity index (χ0n) is 17.0. The van der Waals surface area contributed by atoms with Crippen molar-refractivity contribution in [3.05, 3.63) is 54.1 Å². The third-order valence-corrected chi connectivity index (χ3v) is 3.62. The number of rotatable bonds is 11. The smallest absolute Gasteiger partial charge is 0.325 e. The molecule has 0 aliphatic heterocycles. The van der Waals surface area contributed by atoms with E-state index in [1.54, 1.807) is 32.0 Å². The van der Waals surface area contributed by atoms with E-state index in [9.17, 15) is 9.59 Å². The van der Waals surface area contributed by atoms with Gasteiger partial charge in [-0.05, 0) is 51.1 Å². The summed E-state index contributed by atoms with van der Waals surface area (Å²) in [6.45, 7) is 6.25. The summed E-state index contributed by atoms with van der Waals surface area (Å²) >= 11 is 0. The van der Waals surface area contributed by atoms with Gasteiger partial charge in [-0.2, -0.15) is 0 Å². The number of nitrogens with one attached hydrogen (secondary N) is 1. The number of para-hydroxylation sites is 1. The molecule has 2 aromatic carbocycles. The van der Waals surface area contributed by atoms with Crippen molar-refractivity contribution in [1.29, 1.82) is 0 Å². The maximum absolute atomic E-state index is 12.3. The van der Waals surface area contributed by atoms with Crippen LogP contribution in [-0.2, 0) is 9.53 Å². The molecule has 7 nitrogen and oxygen atoms in total. The zero-order valence-corrected chi connectivity index (χ0v) is 17.0. The van der Waals surface area contributed by atoms with Crippen molar-refractivity contribution >= 4 is 11.9 Å². The Balaban J connectivity index is 1.91. The van der Waals surface area contributed by atoms with Gasteiger partial charge in [-0.25, -0.2) is 0 Å². The van der Waals surface area contributed by atoms with Gasteiger partial charge in [0, 0.05) is 5.56 Å². The summed E-state index contributed by atoms with van der Waals surface area (Å²) in [5, 5.41) is 2.53. The predicted molar refractivity (Wildman–Crippen MR) is 109 cm³/mol. The molecule has 1 N–H and O–H groups in total. The summed E-state index contributed by atoms with van der Waals surface area (Å²) in [5.74, 6) is 0.843. The van der Waals surface area contributed by atoms with Crippen LogP contribution in [0.15, 0.2) is 48.5 Å². The van der Waals surface area contributed by atoms with Crippen molar-refractivity contribution in [3.8, 4) is 17.2 Å². The fourth-order valence-electron chi connectivity index (χ4n) is 2.42. The van der Waals surface area contributed by atoms with Crippen molar-refractivity contribution in [2.45, 2.75) is 26.9 Å². The molecule has 0 saturated carbocycles. The number of ether oxygens (including phenoxy) is 4. The third kappa shape index (κ3) is 7.73. The van der Waals surface area contributed by atoms with Gasteiger partial charge in [-0.15, -0.1) is 0 Å². The van der Waals surface area contributed by atoms with Crippen LogP contribution < -0.4 is 19.5 Å². The van der Waals surface area contributed by atoms with E-state index in [0.717, 1.165) is 5.75 Å². The summed E-state index contributed by atoms with van der Waals surface area (Å²) in [5.41, 5.74) is 0.360. The highest BCUT2D eigenvalue weighted by atomic mass is 16.5. The van der Waals surface area contributed by atoms with Crippen LogP contribution in [0.4, 0.5) is 0 Å². The van der Waals surface area contributed by atoms with E-state index in [-0.39, 0.29) is 12.6 Å². The van der Waals surface area contributed by atoms with Crippen LogP contribution in [0.2, 0.25) is 0 Å². The molecule has 0 unspecified atom stereocenters. The number of carbonyl (C=O) groups excluding carboxylic acids is 2. The van der Waals surface area contributed by atoms with Gasteiger partial charge in [-0.3, -0.25) is 9.59 Å². The minimum atomic E-state index is -0.489. The van der Waals surface area contributed by atoms with Crippen molar-refractivity contribution in [1.82, 2.24) is 5.32 Å². The van der Waals surface area contributed by atoms with Gasteiger partial charge in [-0.1, -0.05) is 18.2 Å². The van der Waals surface area contributed by atoms with E-state index in [4.69, 9.17) is 18.9 Å². The first-order chi connectivity index (χ1) is 14.0. The summed E-state index contributed by atoms with van der Waals surface area (Å²) in [7, 11) is 0. The number of amides is 1. The SMILES string of the molecule is CCOc1cc(C(=O)NCC(=O)OC(C)C)ccc1OCCOc1ccccc1. The third-order valence-electron chi connectivity index (χ3n) is 3.62. The van der Waals surface area contributed by atoms with Crippen LogP contribution in [0.5, 0.6) is 17.2 Å². The first kappa shape index (κ1) is 22.1. The highest BCUT2D eigenvalue weighted by Gasteiger charge is 2.14. The van der Waals surface area contributed by atoms with Gasteiger partial charge in [0.25, 0.3) is 5.91 Å². The Labute approximate surface area is 170 Å². The Hall–Kier alpha value is -3.22. The van der Waals surface area contributed by atoms with Crippen molar-refractivity contribution < 1.29 is 28.5 Å². The quantitative estimate of drug-likeness (QED) is 0.460. The molecule has 7 heteroatoms. The predicted octanol–water partition coefficient (Wildman–Crippen LogP) is 3.22. The summed E-state index contributed by atoms with van der Waals surface area (Å²) in [6, 6.07) is 14.3. The minimum absolute atomic E-state index is 0.198. The molecule has 0 heterocycles. The lowest BCUT2D eigenvalue weighted by Gasteiger charge is -2.14. The minimum Gasteiger partial charge on any atom is -0.490 e. The van der Waals surface area contributed by atoms with Crippen molar-refractivity contribution in [3.63, 3.8) is 0 Å². The standard InChI is InChI=1S/C22H27NO6/c1-4-26-20-14-17(22(25)23-15-21(24)29-16(2)3)10-11-19(20)28-13-12-27-18-8-6-5-7-9-18/h5-11,14,16H,4,12-13,15H2,1-3H3,(H,23,25). The molecule has 0 bridgehead atoms. The molecule has 2 rings (SSSR count). The monoisotopic (exact) mass is 401 g/mol. The molecule has 0 atom stereocenters. The van der Waals surface area contributed by atoms with Gasteiger partial charge < -0.3 is 24.3 Å². The molecular weight excluding hydrogens is 374 g/mol. The lowest BCUT2D eigenvalue weighted by atomic mass is 10.2. The van der Waals surface area contributed by atoms with Crippen LogP contribution >= 0.6 is 0 Å². The fraction of sp³-hybridized carbons (Fsp3) is 0.364. The second-order valence-electron chi connectivity index (χ2n) is 6.33. The maximum atomic E-state index is 12.3. The largest absolute Gasteiger partial charge is 0.490 e. The van der Waals surface area contributed by atoms with Gasteiger partial charge in [0.2, 0.25) is 0 Å². The van der Waals surface area contributed by atoms with Gasteiger partial charge in [0.05, 0.1) is 12.7 Å². The molecule has 0 saturated heterocycles. The first-order valence-electron chi connectivity index (χ1n) is 9.54. The van der Waals surface area contributed by atoms with Crippen LogP contribution in [0.25, 0.3) is 0 Å². The highest BCUT2D eigenvalue weighted by Crippen LogP contribution is 2.28. The second-order valence-corrected chi connectivity index (χ2v) is 6.33. The maximum Gasteiger partial charge on any atom is 0.325 e. The summed E-state index contributed by atoms with van der Waals surface area (Å²) in [4.78, 5) is 23.9. The van der Waals surface area contributed by atoms with E-state index >= 15 is 0 Å². The zero-order chi connectivity index (χ0) is 21.1. The highest BCUT2D eigenvalue weighted by molar-refractivity contribution is 5.96. The van der Waals surface area contributed by atoms with Crippen LogP contribution in [-0.4, -0.2) is 44.3 Å². The average molecular weight is 401 g/mol. The van der Waals surface area contributed by atoms with Gasteiger partial charge in [0.1, 0.15) is 25.5 Å². The van der Waals surface area contributed by atoms with E-state index < -0.39 is 11.9 Å². The second kappa shape index (κ2) is 11.6. The molecular formula is C22H27NO6. The molecule has 1 amide bonds. The van der Waals surface area contributed by atoms with Crippen molar-refractivity contribution in [2.75, 3.05) is 26.4 Å². The summed E-state index contributed by atoms with van der Waals surface area (Å²) < 4.78 is 21.9. The van der Waals surface area contributed by atoms with Gasteiger partial charge >= 0.3 is 5.97 Å². The molecule has 156 valence electrons. The Morgan fingerprint density at radius 2 is 1.66 bits per heavy atom. The van der Waals surface area contributed by atoms with Crippen molar-refractivity contribution in [2.24, 2.45) is 0 Å². The first-order valence-corrected chi connectivity index (χ1v) is 9.54. The number of esters is 1. The molecule has 0 aromatic heterocycles. The topological polar surface area (TPSA) is 83.1 Å². The summed E-state index contributed by atoms with van der Waals surface area (Å²) in [6.07, 6.45) is -0.230.